The fraction of sp³-hybridized carbons (Fsp3) is 0.533. The number of benzene rings is 2. The van der Waals surface area contributed by atoms with Crippen LogP contribution in [0.5, 0.6) is 0 Å². The molecule has 36 heavy (non-hydrogen) atoms. The zero-order valence-corrected chi connectivity index (χ0v) is 23.4. The summed E-state index contributed by atoms with van der Waals surface area (Å²) < 4.78 is 0. The van der Waals surface area contributed by atoms with Gasteiger partial charge in [0.25, 0.3) is 0 Å². The van der Waals surface area contributed by atoms with E-state index < -0.39 is 0 Å². The minimum atomic E-state index is -0.115. The first-order valence-corrected chi connectivity index (χ1v) is 14.4. The number of nitrogens with one attached hydrogen (secondary N) is 1. The minimum Gasteiger partial charge on any atom is -0.356 e. The standard InChI is InChI=1S/C30H36Cl3NO2/c1-3-5-18(2)29(35)25-15-14-24(23-13-12-22(32)16-27(23)33)28(19-8-10-21(31)11-9-19)26(25)17-34-30(36)20-6-4-7-20/h8-13,16,18,20,24-26,28H,3-7,14-15,17H2,1-2H3,(H,34,36). The normalized spacial score (nSPS) is 25.1. The van der Waals surface area contributed by atoms with Gasteiger partial charge in [0.15, 0.2) is 0 Å². The van der Waals surface area contributed by atoms with Crippen LogP contribution in [0.1, 0.15) is 81.8 Å². The van der Waals surface area contributed by atoms with Crippen LogP contribution in [-0.2, 0) is 9.59 Å². The average molecular weight is 549 g/mol. The third kappa shape index (κ3) is 6.11. The van der Waals surface area contributed by atoms with Crippen molar-refractivity contribution in [1.82, 2.24) is 5.32 Å². The minimum absolute atomic E-state index is 0.00590. The molecule has 194 valence electrons. The number of amides is 1. The molecule has 0 aliphatic heterocycles. The molecule has 0 radical (unpaired) electrons. The maximum atomic E-state index is 13.8. The Labute approximate surface area is 230 Å². The number of hydrogen-bond acceptors (Lipinski definition) is 2. The van der Waals surface area contributed by atoms with Gasteiger partial charge < -0.3 is 5.32 Å². The van der Waals surface area contributed by atoms with E-state index in [1.54, 1.807) is 6.07 Å². The Bertz CT molecular complexity index is 1070. The molecule has 0 saturated heterocycles. The predicted octanol–water partition coefficient (Wildman–Crippen LogP) is 8.46. The fourth-order valence-electron chi connectivity index (χ4n) is 6.21. The molecule has 0 aromatic heterocycles. The Morgan fingerprint density at radius 1 is 0.972 bits per heavy atom. The van der Waals surface area contributed by atoms with Gasteiger partial charge in [-0.05, 0) is 85.3 Å². The molecule has 2 aliphatic carbocycles. The van der Waals surface area contributed by atoms with Gasteiger partial charge in [-0.2, -0.15) is 0 Å². The van der Waals surface area contributed by atoms with Crippen molar-refractivity contribution in [2.24, 2.45) is 23.7 Å². The highest BCUT2D eigenvalue weighted by Crippen LogP contribution is 2.52. The number of Topliss-reactive ketones (excluding diaryl/α,β-unsaturated/α-hetero) is 1. The third-order valence-electron chi connectivity index (χ3n) is 8.38. The monoisotopic (exact) mass is 547 g/mol. The van der Waals surface area contributed by atoms with Crippen LogP contribution in [0.25, 0.3) is 0 Å². The first kappa shape index (κ1) is 27.5. The van der Waals surface area contributed by atoms with Crippen LogP contribution < -0.4 is 5.32 Å². The SMILES string of the molecule is CCCC(C)C(=O)C1CCC(c2ccc(Cl)cc2Cl)C(c2ccc(Cl)cc2)C1CNC(=O)C1CCC1. The van der Waals surface area contributed by atoms with Crippen molar-refractivity contribution in [2.75, 3.05) is 6.54 Å². The van der Waals surface area contributed by atoms with Gasteiger partial charge in [-0.15, -0.1) is 0 Å². The van der Waals surface area contributed by atoms with E-state index >= 15 is 0 Å². The van der Waals surface area contributed by atoms with E-state index in [2.05, 4.69) is 31.3 Å². The van der Waals surface area contributed by atoms with Gasteiger partial charge in [-0.3, -0.25) is 9.59 Å². The average Bonchev–Trinajstić information content (AvgIpc) is 2.81. The lowest BCUT2D eigenvalue weighted by molar-refractivity contribution is -0.132. The second-order valence-corrected chi connectivity index (χ2v) is 11.9. The first-order valence-electron chi connectivity index (χ1n) is 13.3. The lowest BCUT2D eigenvalue weighted by atomic mass is 9.60. The number of carbonyl (C=O) groups is 2. The zero-order valence-electron chi connectivity index (χ0n) is 21.1. The van der Waals surface area contributed by atoms with Gasteiger partial charge >= 0.3 is 0 Å². The summed E-state index contributed by atoms with van der Waals surface area (Å²) in [5, 5.41) is 5.17. The Kier molecular flexibility index (Phi) is 9.41. The molecule has 5 unspecified atom stereocenters. The van der Waals surface area contributed by atoms with Crippen LogP contribution in [0.2, 0.25) is 15.1 Å². The maximum Gasteiger partial charge on any atom is 0.223 e. The van der Waals surface area contributed by atoms with Gasteiger partial charge in [0.1, 0.15) is 5.78 Å². The smallest absolute Gasteiger partial charge is 0.223 e. The summed E-state index contributed by atoms with van der Waals surface area (Å²) in [6.45, 7) is 4.66. The number of hydrogen-bond donors (Lipinski definition) is 1. The van der Waals surface area contributed by atoms with Crippen LogP contribution >= 0.6 is 34.8 Å². The first-order chi connectivity index (χ1) is 17.3. The van der Waals surface area contributed by atoms with Gasteiger partial charge in [0.2, 0.25) is 5.91 Å². The van der Waals surface area contributed by atoms with E-state index in [1.807, 2.05) is 24.3 Å². The number of rotatable bonds is 9. The molecular formula is C30H36Cl3NO2. The Hall–Kier alpha value is -1.55. The molecule has 2 aliphatic rings. The predicted molar refractivity (Wildman–Crippen MR) is 149 cm³/mol. The van der Waals surface area contributed by atoms with Gasteiger partial charge in [-0.1, -0.05) is 79.7 Å². The zero-order chi connectivity index (χ0) is 25.8. The van der Waals surface area contributed by atoms with E-state index in [1.165, 1.54) is 0 Å². The lowest BCUT2D eigenvalue weighted by Crippen LogP contribution is -2.46. The van der Waals surface area contributed by atoms with Crippen molar-refractivity contribution in [3.8, 4) is 0 Å². The molecule has 0 heterocycles. The van der Waals surface area contributed by atoms with E-state index in [9.17, 15) is 9.59 Å². The van der Waals surface area contributed by atoms with E-state index in [0.29, 0.717) is 27.4 Å². The molecule has 2 aromatic carbocycles. The molecule has 1 N–H and O–H groups in total. The number of ketones is 1. The van der Waals surface area contributed by atoms with Crippen molar-refractivity contribution in [3.63, 3.8) is 0 Å². The third-order valence-corrected chi connectivity index (χ3v) is 9.19. The van der Waals surface area contributed by atoms with Crippen molar-refractivity contribution in [1.29, 1.82) is 0 Å². The quantitative estimate of drug-likeness (QED) is 0.341. The van der Waals surface area contributed by atoms with Crippen molar-refractivity contribution >= 4 is 46.5 Å². The fourth-order valence-corrected chi connectivity index (χ4v) is 6.89. The Morgan fingerprint density at radius 2 is 1.67 bits per heavy atom. The maximum absolute atomic E-state index is 13.8. The van der Waals surface area contributed by atoms with Gasteiger partial charge in [0.05, 0.1) is 0 Å². The van der Waals surface area contributed by atoms with Crippen molar-refractivity contribution in [2.45, 2.75) is 70.6 Å². The molecule has 2 saturated carbocycles. The molecule has 0 bridgehead atoms. The van der Waals surface area contributed by atoms with Crippen LogP contribution in [0.3, 0.4) is 0 Å². The lowest BCUT2D eigenvalue weighted by Gasteiger charge is -2.44. The molecule has 0 spiro atoms. The molecule has 6 heteroatoms. The molecule has 5 atom stereocenters. The topological polar surface area (TPSA) is 46.2 Å². The van der Waals surface area contributed by atoms with E-state index in [-0.39, 0.29) is 41.4 Å². The Morgan fingerprint density at radius 3 is 2.28 bits per heavy atom. The van der Waals surface area contributed by atoms with E-state index in [4.69, 9.17) is 34.8 Å². The largest absolute Gasteiger partial charge is 0.356 e. The molecule has 3 nitrogen and oxygen atoms in total. The van der Waals surface area contributed by atoms with Gasteiger partial charge in [-0.25, -0.2) is 0 Å². The van der Waals surface area contributed by atoms with Crippen LogP contribution in [0.15, 0.2) is 42.5 Å². The molecular weight excluding hydrogens is 513 g/mol. The summed E-state index contributed by atoms with van der Waals surface area (Å²) in [5.74, 6) is 0.522. The van der Waals surface area contributed by atoms with E-state index in [0.717, 1.165) is 56.1 Å². The van der Waals surface area contributed by atoms with Crippen LogP contribution in [0, 0.1) is 23.7 Å². The Balaban J connectivity index is 1.74. The van der Waals surface area contributed by atoms with Crippen LogP contribution in [-0.4, -0.2) is 18.2 Å². The highest BCUT2D eigenvalue weighted by Gasteiger charge is 2.45. The summed E-state index contributed by atoms with van der Waals surface area (Å²) in [5.41, 5.74) is 2.17. The highest BCUT2D eigenvalue weighted by molar-refractivity contribution is 6.35. The summed E-state index contributed by atoms with van der Waals surface area (Å²) in [7, 11) is 0. The summed E-state index contributed by atoms with van der Waals surface area (Å²) >= 11 is 19.2. The summed E-state index contributed by atoms with van der Waals surface area (Å²) in [6.07, 6.45) is 6.51. The molecule has 4 rings (SSSR count). The summed E-state index contributed by atoms with van der Waals surface area (Å²) in [4.78, 5) is 26.6. The molecule has 2 fully saturated rings. The van der Waals surface area contributed by atoms with Crippen molar-refractivity contribution in [3.05, 3.63) is 68.7 Å². The summed E-state index contributed by atoms with van der Waals surface area (Å²) in [6, 6.07) is 13.6. The second-order valence-electron chi connectivity index (χ2n) is 10.7. The number of halogens is 3. The second kappa shape index (κ2) is 12.3. The van der Waals surface area contributed by atoms with Crippen LogP contribution in [0.4, 0.5) is 0 Å². The molecule has 1 amide bonds. The van der Waals surface area contributed by atoms with Crippen molar-refractivity contribution < 1.29 is 9.59 Å². The number of carbonyl (C=O) groups excluding carboxylic acids is 2. The molecule has 2 aromatic rings. The highest BCUT2D eigenvalue weighted by atomic mass is 35.5. The van der Waals surface area contributed by atoms with Gasteiger partial charge in [0, 0.05) is 39.4 Å².